The fourth-order valence-corrected chi connectivity index (χ4v) is 3.76. The van der Waals surface area contributed by atoms with Crippen LogP contribution in [0.5, 0.6) is 5.75 Å². The molecular weight excluding hydrogens is 350 g/mol. The molecule has 0 radical (unpaired) electrons. The number of nitrogens with two attached hydrogens (primary N) is 1. The van der Waals surface area contributed by atoms with Crippen molar-refractivity contribution in [2.45, 2.75) is 51.5 Å². The monoisotopic (exact) mass is 379 g/mol. The molecule has 3 aromatic rings. The number of nitrogens with zero attached hydrogens (tertiary/aromatic N) is 2. The van der Waals surface area contributed by atoms with E-state index in [2.05, 4.69) is 37.1 Å². The molecule has 1 fully saturated rings. The first-order valence-corrected chi connectivity index (χ1v) is 10.2. The molecule has 0 saturated carbocycles. The molecule has 3 unspecified atom stereocenters. The zero-order valence-corrected chi connectivity index (χ0v) is 16.6. The zero-order chi connectivity index (χ0) is 19.5. The lowest BCUT2D eigenvalue weighted by atomic mass is 9.94. The Balaban J connectivity index is 1.60. The fraction of sp³-hybridized carbons (Fsp3) is 0.435. The summed E-state index contributed by atoms with van der Waals surface area (Å²) in [5.41, 5.74) is 8.66. The Labute approximate surface area is 166 Å². The third-order valence-corrected chi connectivity index (χ3v) is 5.51. The van der Waals surface area contributed by atoms with Gasteiger partial charge in [0.1, 0.15) is 11.9 Å². The topological polar surface area (TPSA) is 62.3 Å². The average molecular weight is 380 g/mol. The predicted octanol–water partition coefficient (Wildman–Crippen LogP) is 4.84. The number of hydrogen-bond acceptors (Lipinski definition) is 4. The van der Waals surface area contributed by atoms with E-state index in [0.717, 1.165) is 41.7 Å². The summed E-state index contributed by atoms with van der Waals surface area (Å²) in [6, 6.07) is 16.2. The number of ether oxygens (including phenoxy) is 2. The Hall–Kier alpha value is -2.37. The van der Waals surface area contributed by atoms with Gasteiger partial charge in [-0.1, -0.05) is 44.2 Å². The summed E-state index contributed by atoms with van der Waals surface area (Å²) in [7, 11) is 0. The molecule has 28 heavy (non-hydrogen) atoms. The Bertz CT molecular complexity index is 901. The highest BCUT2D eigenvalue weighted by Gasteiger charge is 2.25. The molecule has 1 aliphatic rings. The third kappa shape index (κ3) is 3.91. The summed E-state index contributed by atoms with van der Waals surface area (Å²) in [5.74, 6) is 1.11. The molecule has 2 heterocycles. The minimum Gasteiger partial charge on any atom is -0.484 e. The van der Waals surface area contributed by atoms with Crippen LogP contribution in [0.4, 0.5) is 0 Å². The molecule has 2 aromatic carbocycles. The molecule has 5 nitrogen and oxygen atoms in total. The lowest BCUT2D eigenvalue weighted by Gasteiger charge is -2.28. The molecule has 1 aromatic heterocycles. The van der Waals surface area contributed by atoms with Gasteiger partial charge in [-0.05, 0) is 48.9 Å². The third-order valence-electron chi connectivity index (χ3n) is 5.51. The number of aromatic nitrogens is 2. The molecule has 1 saturated heterocycles. The molecule has 2 N–H and O–H groups in total. The first kappa shape index (κ1) is 19.0. The van der Waals surface area contributed by atoms with E-state index in [-0.39, 0.29) is 18.4 Å². The lowest BCUT2D eigenvalue weighted by molar-refractivity contribution is -0.0366. The second-order valence-corrected chi connectivity index (χ2v) is 7.90. The molecule has 5 heteroatoms. The van der Waals surface area contributed by atoms with Crippen molar-refractivity contribution in [3.8, 4) is 5.75 Å². The number of benzene rings is 2. The summed E-state index contributed by atoms with van der Waals surface area (Å²) in [6.45, 7) is 5.06. The van der Waals surface area contributed by atoms with E-state index in [1.807, 2.05) is 41.2 Å². The van der Waals surface area contributed by atoms with E-state index >= 15 is 0 Å². The predicted molar refractivity (Wildman–Crippen MR) is 111 cm³/mol. The van der Waals surface area contributed by atoms with Crippen LogP contribution >= 0.6 is 0 Å². The Morgan fingerprint density at radius 3 is 2.68 bits per heavy atom. The van der Waals surface area contributed by atoms with E-state index in [4.69, 9.17) is 15.2 Å². The maximum absolute atomic E-state index is 6.50. The van der Waals surface area contributed by atoms with Gasteiger partial charge in [0.25, 0.3) is 0 Å². The largest absolute Gasteiger partial charge is 0.484 e. The standard InChI is InChI=1S/C23H29N3O2/c1-16(2)22(24)23(17-8-4-3-5-9-17)28-19-11-12-20-18(14-19)15-25-26(20)21-10-6-7-13-27-21/h3-5,8-9,11-12,14-16,21-23H,6-7,10,13,24H2,1-2H3. The van der Waals surface area contributed by atoms with Crippen molar-refractivity contribution in [2.24, 2.45) is 11.7 Å². The van der Waals surface area contributed by atoms with Gasteiger partial charge < -0.3 is 15.2 Å². The van der Waals surface area contributed by atoms with Crippen molar-refractivity contribution in [1.29, 1.82) is 0 Å². The van der Waals surface area contributed by atoms with E-state index < -0.39 is 0 Å². The van der Waals surface area contributed by atoms with Gasteiger partial charge in [-0.25, -0.2) is 4.68 Å². The highest BCUT2D eigenvalue weighted by Crippen LogP contribution is 2.31. The first-order chi connectivity index (χ1) is 13.6. The van der Waals surface area contributed by atoms with Crippen LogP contribution in [-0.2, 0) is 4.74 Å². The minimum absolute atomic E-state index is 0.0319. The zero-order valence-electron chi connectivity index (χ0n) is 16.6. The normalized spacial score (nSPS) is 19.6. The first-order valence-electron chi connectivity index (χ1n) is 10.2. The van der Waals surface area contributed by atoms with Crippen molar-refractivity contribution in [3.63, 3.8) is 0 Å². The summed E-state index contributed by atoms with van der Waals surface area (Å²) >= 11 is 0. The van der Waals surface area contributed by atoms with Gasteiger partial charge in [0.15, 0.2) is 6.23 Å². The molecule has 3 atom stereocenters. The summed E-state index contributed by atoms with van der Waals surface area (Å²) in [5, 5.41) is 5.62. The summed E-state index contributed by atoms with van der Waals surface area (Å²) in [6.07, 6.45) is 5.04. The molecule has 0 spiro atoms. The summed E-state index contributed by atoms with van der Waals surface area (Å²) < 4.78 is 14.3. The summed E-state index contributed by atoms with van der Waals surface area (Å²) in [4.78, 5) is 0. The maximum atomic E-state index is 6.50. The van der Waals surface area contributed by atoms with Gasteiger partial charge in [0.2, 0.25) is 0 Å². The average Bonchev–Trinajstić information content (AvgIpc) is 3.16. The van der Waals surface area contributed by atoms with Crippen molar-refractivity contribution < 1.29 is 9.47 Å². The number of rotatable bonds is 6. The fourth-order valence-electron chi connectivity index (χ4n) is 3.76. The van der Waals surface area contributed by atoms with E-state index in [1.165, 1.54) is 6.42 Å². The van der Waals surface area contributed by atoms with Crippen molar-refractivity contribution in [1.82, 2.24) is 9.78 Å². The maximum Gasteiger partial charge on any atom is 0.150 e. The van der Waals surface area contributed by atoms with Crippen LogP contribution in [0.2, 0.25) is 0 Å². The number of fused-ring (bicyclic) bond motifs is 1. The molecular formula is C23H29N3O2. The molecule has 148 valence electrons. The lowest BCUT2D eigenvalue weighted by Crippen LogP contribution is -2.36. The SMILES string of the molecule is CC(C)C(N)C(Oc1ccc2c(cnn2C2CCCCO2)c1)c1ccccc1. The highest BCUT2D eigenvalue weighted by atomic mass is 16.5. The van der Waals surface area contributed by atoms with E-state index in [0.29, 0.717) is 5.92 Å². The molecule has 0 amide bonds. The van der Waals surface area contributed by atoms with Crippen LogP contribution < -0.4 is 10.5 Å². The van der Waals surface area contributed by atoms with Gasteiger partial charge in [0, 0.05) is 18.0 Å². The van der Waals surface area contributed by atoms with Crippen LogP contribution in [-0.4, -0.2) is 22.4 Å². The minimum atomic E-state index is -0.199. The van der Waals surface area contributed by atoms with Crippen LogP contribution in [0.25, 0.3) is 10.9 Å². The Morgan fingerprint density at radius 1 is 1.14 bits per heavy atom. The molecule has 1 aliphatic heterocycles. The van der Waals surface area contributed by atoms with E-state index in [1.54, 1.807) is 0 Å². The molecule has 0 bridgehead atoms. The smallest absolute Gasteiger partial charge is 0.150 e. The van der Waals surface area contributed by atoms with Crippen molar-refractivity contribution in [2.75, 3.05) is 6.61 Å². The van der Waals surface area contributed by atoms with Crippen LogP contribution in [0.15, 0.2) is 54.7 Å². The second kappa shape index (κ2) is 8.33. The number of hydrogen-bond donors (Lipinski definition) is 1. The van der Waals surface area contributed by atoms with Crippen LogP contribution in [0.1, 0.15) is 51.0 Å². The van der Waals surface area contributed by atoms with E-state index in [9.17, 15) is 0 Å². The van der Waals surface area contributed by atoms with Gasteiger partial charge in [-0.15, -0.1) is 0 Å². The Morgan fingerprint density at radius 2 is 1.96 bits per heavy atom. The van der Waals surface area contributed by atoms with Crippen LogP contribution in [0, 0.1) is 5.92 Å². The van der Waals surface area contributed by atoms with Gasteiger partial charge >= 0.3 is 0 Å². The van der Waals surface area contributed by atoms with Crippen molar-refractivity contribution in [3.05, 3.63) is 60.3 Å². The molecule has 4 rings (SSSR count). The van der Waals surface area contributed by atoms with Crippen molar-refractivity contribution >= 4 is 10.9 Å². The Kier molecular flexibility index (Phi) is 5.64. The highest BCUT2D eigenvalue weighted by molar-refractivity contribution is 5.80. The van der Waals surface area contributed by atoms with Gasteiger partial charge in [0.05, 0.1) is 11.7 Å². The van der Waals surface area contributed by atoms with Gasteiger partial charge in [-0.3, -0.25) is 0 Å². The quantitative estimate of drug-likeness (QED) is 0.666. The van der Waals surface area contributed by atoms with Gasteiger partial charge in [-0.2, -0.15) is 5.10 Å². The van der Waals surface area contributed by atoms with Crippen LogP contribution in [0.3, 0.4) is 0 Å². The molecule has 0 aliphatic carbocycles. The second-order valence-electron chi connectivity index (χ2n) is 7.90.